The molecule has 2 aromatic heterocycles. The lowest BCUT2D eigenvalue weighted by molar-refractivity contribution is 0.198. The van der Waals surface area contributed by atoms with Gasteiger partial charge in [0.2, 0.25) is 0 Å². The van der Waals surface area contributed by atoms with E-state index in [9.17, 15) is 0 Å². The second-order valence-electron chi connectivity index (χ2n) is 5.60. The second-order valence-corrected chi connectivity index (χ2v) is 5.60. The van der Waals surface area contributed by atoms with E-state index in [2.05, 4.69) is 46.5 Å². The van der Waals surface area contributed by atoms with Crippen LogP contribution in [-0.4, -0.2) is 26.9 Å². The molecule has 0 radical (unpaired) electrons. The smallest absolute Gasteiger partial charge is 0.130 e. The van der Waals surface area contributed by atoms with Gasteiger partial charge in [0, 0.05) is 18.8 Å². The highest BCUT2D eigenvalue weighted by atomic mass is 15.2. The van der Waals surface area contributed by atoms with Gasteiger partial charge in [-0.3, -0.25) is 4.90 Å². The molecule has 0 bridgehead atoms. The van der Waals surface area contributed by atoms with E-state index in [1.54, 1.807) is 0 Å². The molecule has 4 heteroatoms. The van der Waals surface area contributed by atoms with Crippen molar-refractivity contribution in [2.45, 2.75) is 45.3 Å². The fourth-order valence-electron chi connectivity index (χ4n) is 3.20. The molecule has 2 N–H and O–H groups in total. The van der Waals surface area contributed by atoms with Gasteiger partial charge >= 0.3 is 0 Å². The minimum Gasteiger partial charge on any atom is -0.326 e. The van der Waals surface area contributed by atoms with Crippen LogP contribution in [-0.2, 0) is 6.54 Å². The molecule has 19 heavy (non-hydrogen) atoms. The van der Waals surface area contributed by atoms with E-state index in [0.717, 1.165) is 16.9 Å². The SMILES string of the molecule is CC(C)N1CCCC1c1ncc2c(CN)cccn12. The zero-order chi connectivity index (χ0) is 13.4. The van der Waals surface area contributed by atoms with Gasteiger partial charge in [0.15, 0.2) is 0 Å². The number of hydrogen-bond donors (Lipinski definition) is 1. The van der Waals surface area contributed by atoms with Gasteiger partial charge in [-0.2, -0.15) is 0 Å². The van der Waals surface area contributed by atoms with Crippen molar-refractivity contribution in [3.05, 3.63) is 35.9 Å². The molecule has 1 aliphatic heterocycles. The first-order valence-electron chi connectivity index (χ1n) is 7.13. The summed E-state index contributed by atoms with van der Waals surface area (Å²) in [5.41, 5.74) is 8.11. The predicted molar refractivity (Wildman–Crippen MR) is 76.9 cm³/mol. The Hall–Kier alpha value is -1.39. The van der Waals surface area contributed by atoms with Crippen molar-refractivity contribution in [1.82, 2.24) is 14.3 Å². The van der Waals surface area contributed by atoms with Crippen LogP contribution in [0.15, 0.2) is 24.5 Å². The Labute approximate surface area is 114 Å². The van der Waals surface area contributed by atoms with Crippen molar-refractivity contribution in [2.24, 2.45) is 5.73 Å². The van der Waals surface area contributed by atoms with E-state index >= 15 is 0 Å². The first kappa shape index (κ1) is 12.6. The van der Waals surface area contributed by atoms with Gasteiger partial charge in [-0.25, -0.2) is 4.98 Å². The zero-order valence-corrected chi connectivity index (χ0v) is 11.7. The van der Waals surface area contributed by atoms with Crippen LogP contribution in [0.1, 0.15) is 44.1 Å². The van der Waals surface area contributed by atoms with E-state index in [1.165, 1.54) is 19.4 Å². The lowest BCUT2D eigenvalue weighted by atomic mass is 10.2. The Bertz CT molecular complexity index is 573. The Morgan fingerprint density at radius 3 is 3.05 bits per heavy atom. The number of rotatable bonds is 3. The van der Waals surface area contributed by atoms with Crippen LogP contribution < -0.4 is 5.73 Å². The summed E-state index contributed by atoms with van der Waals surface area (Å²) < 4.78 is 2.22. The topological polar surface area (TPSA) is 46.6 Å². The van der Waals surface area contributed by atoms with Gasteiger partial charge in [-0.15, -0.1) is 0 Å². The van der Waals surface area contributed by atoms with Gasteiger partial charge in [0.1, 0.15) is 5.82 Å². The number of pyridine rings is 1. The minimum atomic E-state index is 0.440. The molecule has 0 aliphatic carbocycles. The predicted octanol–water partition coefficient (Wildman–Crippen LogP) is 2.34. The number of nitrogens with two attached hydrogens (primary N) is 1. The first-order chi connectivity index (χ1) is 9.22. The molecule has 1 unspecified atom stereocenters. The normalized spacial score (nSPS) is 20.7. The molecule has 1 atom stereocenters. The average molecular weight is 258 g/mol. The van der Waals surface area contributed by atoms with E-state index in [0.29, 0.717) is 18.6 Å². The summed E-state index contributed by atoms with van der Waals surface area (Å²) in [5.74, 6) is 1.16. The number of imidazole rings is 1. The maximum atomic E-state index is 5.80. The highest BCUT2D eigenvalue weighted by Crippen LogP contribution is 2.33. The summed E-state index contributed by atoms with van der Waals surface area (Å²) in [6.45, 7) is 6.26. The molecule has 3 heterocycles. The van der Waals surface area contributed by atoms with Crippen LogP contribution >= 0.6 is 0 Å². The highest BCUT2D eigenvalue weighted by molar-refractivity contribution is 5.54. The standard InChI is InChI=1S/C15H22N4/c1-11(2)18-7-4-6-13(18)15-17-10-14-12(9-16)5-3-8-19(14)15/h3,5,8,10-11,13H,4,6-7,9,16H2,1-2H3. The third-order valence-corrected chi connectivity index (χ3v) is 4.16. The molecule has 2 aromatic rings. The van der Waals surface area contributed by atoms with Crippen molar-refractivity contribution < 1.29 is 0 Å². The van der Waals surface area contributed by atoms with Crippen LogP contribution in [0.3, 0.4) is 0 Å². The molecular formula is C15H22N4. The Morgan fingerprint density at radius 2 is 2.32 bits per heavy atom. The first-order valence-corrected chi connectivity index (χ1v) is 7.13. The minimum absolute atomic E-state index is 0.440. The zero-order valence-electron chi connectivity index (χ0n) is 11.7. The summed E-state index contributed by atoms with van der Waals surface area (Å²) in [6, 6.07) is 5.15. The molecule has 1 aliphatic rings. The number of aromatic nitrogens is 2. The number of likely N-dealkylation sites (tertiary alicyclic amines) is 1. The van der Waals surface area contributed by atoms with E-state index in [4.69, 9.17) is 5.73 Å². The van der Waals surface area contributed by atoms with Crippen molar-refractivity contribution in [3.8, 4) is 0 Å². The summed E-state index contributed by atoms with van der Waals surface area (Å²) in [5, 5.41) is 0. The molecule has 3 rings (SSSR count). The van der Waals surface area contributed by atoms with Crippen LogP contribution in [0.4, 0.5) is 0 Å². The van der Waals surface area contributed by atoms with E-state index in [1.807, 2.05) is 6.20 Å². The van der Waals surface area contributed by atoms with Gasteiger partial charge in [-0.1, -0.05) is 6.07 Å². The molecule has 0 aromatic carbocycles. The van der Waals surface area contributed by atoms with E-state index < -0.39 is 0 Å². The fraction of sp³-hybridized carbons (Fsp3) is 0.533. The molecule has 0 amide bonds. The summed E-state index contributed by atoms with van der Waals surface area (Å²) >= 11 is 0. The molecule has 0 saturated carbocycles. The van der Waals surface area contributed by atoms with Crippen LogP contribution in [0.5, 0.6) is 0 Å². The Morgan fingerprint density at radius 1 is 1.47 bits per heavy atom. The van der Waals surface area contributed by atoms with Gasteiger partial charge in [0.05, 0.1) is 17.8 Å². The summed E-state index contributed by atoms with van der Waals surface area (Å²) in [4.78, 5) is 7.23. The molecule has 102 valence electrons. The van der Waals surface area contributed by atoms with Crippen LogP contribution in [0.25, 0.3) is 5.52 Å². The van der Waals surface area contributed by atoms with Crippen LogP contribution in [0, 0.1) is 0 Å². The molecule has 1 fully saturated rings. The van der Waals surface area contributed by atoms with Crippen molar-refractivity contribution in [2.75, 3.05) is 6.54 Å². The van der Waals surface area contributed by atoms with Gasteiger partial charge in [0.25, 0.3) is 0 Å². The summed E-state index contributed by atoms with van der Waals surface area (Å²) in [7, 11) is 0. The lowest BCUT2D eigenvalue weighted by Crippen LogP contribution is -2.31. The Balaban J connectivity index is 2.06. The molecule has 4 nitrogen and oxygen atoms in total. The van der Waals surface area contributed by atoms with Crippen molar-refractivity contribution >= 4 is 5.52 Å². The molecular weight excluding hydrogens is 236 g/mol. The lowest BCUT2D eigenvalue weighted by Gasteiger charge is -2.27. The number of nitrogens with zero attached hydrogens (tertiary/aromatic N) is 3. The fourth-order valence-corrected chi connectivity index (χ4v) is 3.20. The summed E-state index contributed by atoms with van der Waals surface area (Å²) in [6.07, 6.45) is 6.53. The third-order valence-electron chi connectivity index (χ3n) is 4.16. The van der Waals surface area contributed by atoms with Gasteiger partial charge < -0.3 is 10.1 Å². The highest BCUT2D eigenvalue weighted by Gasteiger charge is 2.30. The maximum Gasteiger partial charge on any atom is 0.130 e. The molecule has 0 spiro atoms. The largest absolute Gasteiger partial charge is 0.326 e. The Kier molecular flexibility index (Phi) is 3.29. The molecule has 1 saturated heterocycles. The van der Waals surface area contributed by atoms with Gasteiger partial charge in [-0.05, 0) is 44.9 Å². The quantitative estimate of drug-likeness (QED) is 0.919. The average Bonchev–Trinajstić information content (AvgIpc) is 3.03. The van der Waals surface area contributed by atoms with Crippen molar-refractivity contribution in [1.29, 1.82) is 0 Å². The van der Waals surface area contributed by atoms with Crippen molar-refractivity contribution in [3.63, 3.8) is 0 Å². The third kappa shape index (κ3) is 2.05. The van der Waals surface area contributed by atoms with Crippen LogP contribution in [0.2, 0.25) is 0 Å². The second kappa shape index (κ2) is 4.94. The number of fused-ring (bicyclic) bond motifs is 1. The number of hydrogen-bond acceptors (Lipinski definition) is 3. The monoisotopic (exact) mass is 258 g/mol. The maximum absolute atomic E-state index is 5.80. The van der Waals surface area contributed by atoms with E-state index in [-0.39, 0.29) is 0 Å².